The largest absolute Gasteiger partial charge is 0.310 e. The summed E-state index contributed by atoms with van der Waals surface area (Å²) in [5, 5.41) is 0. The van der Waals surface area contributed by atoms with Crippen LogP contribution < -0.4 is 4.72 Å². The van der Waals surface area contributed by atoms with Crippen molar-refractivity contribution >= 4 is 39.5 Å². The molecule has 0 amide bonds. The van der Waals surface area contributed by atoms with Gasteiger partial charge in [0.05, 0.1) is 12.1 Å². The summed E-state index contributed by atoms with van der Waals surface area (Å²) in [5.41, 5.74) is 2.50. The number of nitrogens with one attached hydrogen (secondary N) is 1. The molecule has 0 unspecified atom stereocenters. The lowest BCUT2D eigenvalue weighted by molar-refractivity contribution is -0.114. The van der Waals surface area contributed by atoms with Crippen molar-refractivity contribution < 1.29 is 4.79 Å². The molecule has 1 N–H and O–H groups in total. The fraction of sp³-hybridized carbons (Fsp3) is 0.238. The fourth-order valence-electron chi connectivity index (χ4n) is 2.18. The second-order valence-corrected chi connectivity index (χ2v) is 8.67. The Morgan fingerprint density at radius 2 is 1.88 bits per heavy atom. The van der Waals surface area contributed by atoms with E-state index in [4.69, 9.17) is 0 Å². The summed E-state index contributed by atoms with van der Waals surface area (Å²) in [4.78, 5) is 17.7. The Bertz CT molecular complexity index is 823. The number of pyridine rings is 1. The number of halogens is 1. The molecular formula is C21H23BrN2OS. The number of Topliss-reactive ketones (excluding diaryl/α,β-unsaturated/α-hetero) is 1. The number of rotatable bonds is 7. The number of allylic oxidation sites excluding steroid dienone is 2. The van der Waals surface area contributed by atoms with Gasteiger partial charge in [0.2, 0.25) is 0 Å². The van der Waals surface area contributed by atoms with Crippen LogP contribution in [0.1, 0.15) is 32.0 Å². The molecular weight excluding hydrogens is 408 g/mol. The van der Waals surface area contributed by atoms with Crippen molar-refractivity contribution in [1.82, 2.24) is 4.98 Å². The van der Waals surface area contributed by atoms with Crippen LogP contribution in [0.3, 0.4) is 0 Å². The van der Waals surface area contributed by atoms with Crippen LogP contribution in [-0.4, -0.2) is 10.8 Å². The molecule has 0 aliphatic rings. The number of carbonyl (C=O) groups excluding carboxylic acids is 1. The minimum atomic E-state index is -0.0872. The molecule has 2 rings (SSSR count). The lowest BCUT2D eigenvalue weighted by atomic mass is 9.87. The highest BCUT2D eigenvalue weighted by atomic mass is 79.9. The molecule has 1 aromatic carbocycles. The molecule has 5 heteroatoms. The molecule has 0 bridgehead atoms. The molecule has 0 atom stereocenters. The van der Waals surface area contributed by atoms with Crippen molar-refractivity contribution in [3.8, 4) is 0 Å². The van der Waals surface area contributed by atoms with Gasteiger partial charge in [-0.1, -0.05) is 52.1 Å². The predicted molar refractivity (Wildman–Crippen MR) is 115 cm³/mol. The standard InChI is InChI=1S/C21H23BrN2OS/c1-6-14(2)19(25)13-18-17(22)11-12-20(23-18)24-26-16-9-7-15(8-10-16)21(3,4)5/h6-12H,1-2,13H2,3-5H3,(H,23,24). The summed E-state index contributed by atoms with van der Waals surface area (Å²) < 4.78 is 4.03. The van der Waals surface area contributed by atoms with E-state index in [9.17, 15) is 4.79 Å². The van der Waals surface area contributed by atoms with Crippen molar-refractivity contribution in [2.24, 2.45) is 0 Å². The zero-order chi connectivity index (χ0) is 19.3. The maximum absolute atomic E-state index is 12.0. The van der Waals surface area contributed by atoms with E-state index in [1.807, 2.05) is 12.1 Å². The molecule has 0 aliphatic carbocycles. The van der Waals surface area contributed by atoms with Crippen LogP contribution in [0.5, 0.6) is 0 Å². The average molecular weight is 431 g/mol. The number of hydrogen-bond acceptors (Lipinski definition) is 4. The van der Waals surface area contributed by atoms with Crippen LogP contribution in [0.2, 0.25) is 0 Å². The normalized spacial score (nSPS) is 11.1. The minimum Gasteiger partial charge on any atom is -0.310 e. The summed E-state index contributed by atoms with van der Waals surface area (Å²) in [6.07, 6.45) is 1.65. The predicted octanol–water partition coefficient (Wildman–Crippen LogP) is 6.11. The highest BCUT2D eigenvalue weighted by Gasteiger charge is 2.13. The molecule has 0 aliphatic heterocycles. The Balaban J connectivity index is 2.06. The van der Waals surface area contributed by atoms with Crippen LogP contribution >= 0.6 is 27.9 Å². The van der Waals surface area contributed by atoms with E-state index in [1.54, 1.807) is 0 Å². The fourth-order valence-corrected chi connectivity index (χ4v) is 3.15. The lowest BCUT2D eigenvalue weighted by Gasteiger charge is -2.19. The van der Waals surface area contributed by atoms with E-state index in [2.05, 4.69) is 83.8 Å². The molecule has 0 radical (unpaired) electrons. The summed E-state index contributed by atoms with van der Waals surface area (Å²) in [6, 6.07) is 12.2. The van der Waals surface area contributed by atoms with Gasteiger partial charge in [0.15, 0.2) is 5.78 Å². The Labute approximate surface area is 168 Å². The topological polar surface area (TPSA) is 42.0 Å². The molecule has 2 aromatic rings. The van der Waals surface area contributed by atoms with Crippen molar-refractivity contribution in [1.29, 1.82) is 0 Å². The first kappa shape index (κ1) is 20.5. The number of aromatic nitrogens is 1. The van der Waals surface area contributed by atoms with Gasteiger partial charge < -0.3 is 4.72 Å². The molecule has 0 spiro atoms. The van der Waals surface area contributed by atoms with Gasteiger partial charge in [-0.15, -0.1) is 0 Å². The van der Waals surface area contributed by atoms with Crippen LogP contribution in [-0.2, 0) is 16.6 Å². The monoisotopic (exact) mass is 430 g/mol. The second kappa shape index (κ2) is 8.69. The smallest absolute Gasteiger partial charge is 0.168 e. The van der Waals surface area contributed by atoms with Crippen LogP contribution in [0.4, 0.5) is 5.82 Å². The first-order valence-electron chi connectivity index (χ1n) is 8.24. The van der Waals surface area contributed by atoms with Gasteiger partial charge in [0.1, 0.15) is 5.82 Å². The first-order valence-corrected chi connectivity index (χ1v) is 9.85. The van der Waals surface area contributed by atoms with E-state index in [-0.39, 0.29) is 17.6 Å². The van der Waals surface area contributed by atoms with Crippen LogP contribution in [0, 0.1) is 0 Å². The number of carbonyl (C=O) groups is 1. The Morgan fingerprint density at radius 3 is 2.46 bits per heavy atom. The lowest BCUT2D eigenvalue weighted by Crippen LogP contribution is -2.10. The Kier molecular flexibility index (Phi) is 6.84. The van der Waals surface area contributed by atoms with E-state index in [0.717, 1.165) is 9.37 Å². The molecule has 1 aromatic heterocycles. The van der Waals surface area contributed by atoms with E-state index in [1.165, 1.54) is 23.6 Å². The van der Waals surface area contributed by atoms with Crippen LogP contribution in [0.25, 0.3) is 0 Å². The number of nitrogens with zero attached hydrogens (tertiary/aromatic N) is 1. The minimum absolute atomic E-state index is 0.0872. The average Bonchev–Trinajstić information content (AvgIpc) is 2.61. The third kappa shape index (κ3) is 5.58. The van der Waals surface area contributed by atoms with E-state index >= 15 is 0 Å². The summed E-state index contributed by atoms with van der Waals surface area (Å²) >= 11 is 4.94. The highest BCUT2D eigenvalue weighted by molar-refractivity contribution is 9.10. The van der Waals surface area contributed by atoms with Crippen molar-refractivity contribution in [3.63, 3.8) is 0 Å². The van der Waals surface area contributed by atoms with Crippen molar-refractivity contribution in [3.05, 3.63) is 76.9 Å². The van der Waals surface area contributed by atoms with Gasteiger partial charge in [-0.3, -0.25) is 4.79 Å². The third-order valence-corrected chi connectivity index (χ3v) is 5.39. The SMILES string of the molecule is C=CC(=C)C(=O)Cc1nc(NSc2ccc(C(C)(C)C)cc2)ccc1Br. The summed E-state index contributed by atoms with van der Waals surface area (Å²) in [6.45, 7) is 13.9. The molecule has 3 nitrogen and oxygen atoms in total. The number of benzene rings is 1. The number of hydrogen-bond donors (Lipinski definition) is 1. The Morgan fingerprint density at radius 1 is 1.23 bits per heavy atom. The highest BCUT2D eigenvalue weighted by Crippen LogP contribution is 2.27. The van der Waals surface area contributed by atoms with Crippen molar-refractivity contribution in [2.45, 2.75) is 37.5 Å². The Hall–Kier alpha value is -1.85. The maximum Gasteiger partial charge on any atom is 0.168 e. The zero-order valence-electron chi connectivity index (χ0n) is 15.3. The second-order valence-electron chi connectivity index (χ2n) is 6.93. The first-order chi connectivity index (χ1) is 12.2. The van der Waals surface area contributed by atoms with Gasteiger partial charge in [-0.25, -0.2) is 4.98 Å². The molecule has 1 heterocycles. The van der Waals surface area contributed by atoms with Gasteiger partial charge in [-0.2, -0.15) is 0 Å². The summed E-state index contributed by atoms with van der Waals surface area (Å²) in [7, 11) is 0. The quantitative estimate of drug-likeness (QED) is 0.326. The third-order valence-electron chi connectivity index (χ3n) is 3.84. The van der Waals surface area contributed by atoms with Gasteiger partial charge in [0.25, 0.3) is 0 Å². The number of anilines is 1. The molecule has 0 saturated carbocycles. The number of ketones is 1. The maximum atomic E-state index is 12.0. The molecule has 0 fully saturated rings. The zero-order valence-corrected chi connectivity index (χ0v) is 17.7. The van der Waals surface area contributed by atoms with E-state index in [0.29, 0.717) is 17.1 Å². The van der Waals surface area contributed by atoms with Crippen molar-refractivity contribution in [2.75, 3.05) is 4.72 Å². The molecule has 26 heavy (non-hydrogen) atoms. The van der Waals surface area contributed by atoms with Gasteiger partial charge >= 0.3 is 0 Å². The van der Waals surface area contributed by atoms with E-state index < -0.39 is 0 Å². The van der Waals surface area contributed by atoms with Gasteiger partial charge in [0, 0.05) is 14.9 Å². The summed E-state index contributed by atoms with van der Waals surface area (Å²) in [5.74, 6) is 0.612. The van der Waals surface area contributed by atoms with Gasteiger partial charge in [-0.05, 0) is 63.1 Å². The molecule has 0 saturated heterocycles. The van der Waals surface area contributed by atoms with Crippen LogP contribution in [0.15, 0.2) is 70.6 Å². The molecule has 136 valence electrons.